The Labute approximate surface area is 152 Å². The molecule has 0 aliphatic carbocycles. The van der Waals surface area contributed by atoms with Gasteiger partial charge >= 0.3 is 0 Å². The summed E-state index contributed by atoms with van der Waals surface area (Å²) in [4.78, 5) is 26.0. The average Bonchev–Trinajstić information content (AvgIpc) is 3.17. The minimum absolute atomic E-state index is 0.0956. The molecule has 0 aromatic heterocycles. The van der Waals surface area contributed by atoms with Gasteiger partial charge in [0, 0.05) is 25.0 Å². The van der Waals surface area contributed by atoms with E-state index in [1.165, 1.54) is 16.3 Å². The third-order valence-electron chi connectivity index (χ3n) is 5.61. The second-order valence-corrected chi connectivity index (χ2v) is 7.20. The topological polar surface area (TPSA) is 87.5 Å². The summed E-state index contributed by atoms with van der Waals surface area (Å²) in [7, 11) is 0. The van der Waals surface area contributed by atoms with Crippen molar-refractivity contribution in [1.82, 2.24) is 15.8 Å². The van der Waals surface area contributed by atoms with Gasteiger partial charge in [-0.2, -0.15) is 0 Å². The van der Waals surface area contributed by atoms with Crippen LogP contribution in [0.25, 0.3) is 10.8 Å². The predicted octanol–water partition coefficient (Wildman–Crippen LogP) is 1.47. The van der Waals surface area contributed by atoms with Crippen LogP contribution in [-0.4, -0.2) is 35.8 Å². The van der Waals surface area contributed by atoms with E-state index < -0.39 is 0 Å². The highest BCUT2D eigenvalue weighted by molar-refractivity contribution is 5.87. The van der Waals surface area contributed by atoms with Gasteiger partial charge in [-0.3, -0.25) is 9.59 Å². The lowest BCUT2D eigenvalue weighted by molar-refractivity contribution is -0.136. The van der Waals surface area contributed by atoms with Gasteiger partial charge in [-0.05, 0) is 35.6 Å². The molecule has 2 atom stereocenters. The van der Waals surface area contributed by atoms with Crippen LogP contribution >= 0.6 is 0 Å². The maximum atomic E-state index is 12.8. The van der Waals surface area contributed by atoms with E-state index in [1.807, 2.05) is 17.0 Å². The largest absolute Gasteiger partial charge is 0.369 e. The summed E-state index contributed by atoms with van der Waals surface area (Å²) >= 11 is 0. The Morgan fingerprint density at radius 2 is 1.73 bits per heavy atom. The van der Waals surface area contributed by atoms with Crippen molar-refractivity contribution < 1.29 is 9.59 Å². The molecule has 2 heterocycles. The zero-order valence-corrected chi connectivity index (χ0v) is 14.7. The van der Waals surface area contributed by atoms with Crippen molar-refractivity contribution in [2.24, 2.45) is 11.7 Å². The molecule has 6 nitrogen and oxygen atoms in total. The number of carbonyl (C=O) groups is 2. The highest BCUT2D eigenvalue weighted by Crippen LogP contribution is 2.30. The minimum Gasteiger partial charge on any atom is -0.369 e. The highest BCUT2D eigenvalue weighted by Gasteiger charge is 2.35. The van der Waals surface area contributed by atoms with Crippen LogP contribution in [0.4, 0.5) is 0 Å². The van der Waals surface area contributed by atoms with Gasteiger partial charge in [0.1, 0.15) is 6.04 Å². The van der Waals surface area contributed by atoms with Crippen LogP contribution in [-0.2, 0) is 9.59 Å². The van der Waals surface area contributed by atoms with E-state index in [0.29, 0.717) is 32.4 Å². The smallest absolute Gasteiger partial charge is 0.241 e. The van der Waals surface area contributed by atoms with E-state index in [9.17, 15) is 9.59 Å². The fraction of sp³-hybridized carbons (Fsp3) is 0.400. The molecular formula is C20H24N4O2. The van der Waals surface area contributed by atoms with Crippen LogP contribution in [0.1, 0.15) is 30.9 Å². The standard InChI is InChI=1S/C20H24N4O2/c21-19(25)14-8-10-24(11-9-14)20(26)18-12-17(22-23-18)16-7-3-5-13-4-1-2-6-15(13)16/h1-7,14,17-18,22-23H,8-12H2,(H2,21,25). The molecule has 2 saturated heterocycles. The predicted molar refractivity (Wildman–Crippen MR) is 99.9 cm³/mol. The Kier molecular flexibility index (Phi) is 4.61. The lowest BCUT2D eigenvalue weighted by Gasteiger charge is -2.32. The Balaban J connectivity index is 1.44. The molecule has 2 unspecified atom stereocenters. The number of fused-ring (bicyclic) bond motifs is 1. The number of hydrazine groups is 1. The summed E-state index contributed by atoms with van der Waals surface area (Å²) in [5.74, 6) is -0.255. The normalized spacial score (nSPS) is 24.1. The van der Waals surface area contributed by atoms with Gasteiger partial charge in [0.25, 0.3) is 0 Å². The number of nitrogens with one attached hydrogen (secondary N) is 2. The van der Waals surface area contributed by atoms with Gasteiger partial charge in [0.2, 0.25) is 11.8 Å². The minimum atomic E-state index is -0.256. The van der Waals surface area contributed by atoms with Gasteiger partial charge in [-0.25, -0.2) is 10.9 Å². The fourth-order valence-corrected chi connectivity index (χ4v) is 4.08. The number of rotatable bonds is 3. The van der Waals surface area contributed by atoms with E-state index in [2.05, 4.69) is 41.2 Å². The van der Waals surface area contributed by atoms with E-state index in [1.54, 1.807) is 0 Å². The zero-order valence-electron chi connectivity index (χ0n) is 14.7. The second-order valence-electron chi connectivity index (χ2n) is 7.20. The molecule has 2 fully saturated rings. The molecular weight excluding hydrogens is 328 g/mol. The molecule has 136 valence electrons. The molecule has 4 rings (SSSR count). The molecule has 4 N–H and O–H groups in total. The van der Waals surface area contributed by atoms with Crippen molar-refractivity contribution in [3.8, 4) is 0 Å². The maximum absolute atomic E-state index is 12.8. The summed E-state index contributed by atoms with van der Waals surface area (Å²) in [6, 6.07) is 14.4. The first-order valence-electron chi connectivity index (χ1n) is 9.20. The molecule has 0 radical (unpaired) electrons. The first-order valence-corrected chi connectivity index (χ1v) is 9.20. The lowest BCUT2D eigenvalue weighted by atomic mass is 9.94. The first kappa shape index (κ1) is 17.0. The monoisotopic (exact) mass is 352 g/mol. The molecule has 0 bridgehead atoms. The average molecular weight is 352 g/mol. The molecule has 2 aromatic rings. The van der Waals surface area contributed by atoms with Crippen LogP contribution in [0.3, 0.4) is 0 Å². The quantitative estimate of drug-likeness (QED) is 0.781. The highest BCUT2D eigenvalue weighted by atomic mass is 16.2. The number of benzene rings is 2. The number of hydrogen-bond donors (Lipinski definition) is 3. The Bertz CT molecular complexity index is 824. The van der Waals surface area contributed by atoms with Crippen LogP contribution in [0.15, 0.2) is 42.5 Å². The third kappa shape index (κ3) is 3.18. The molecule has 2 aliphatic heterocycles. The van der Waals surface area contributed by atoms with Crippen LogP contribution < -0.4 is 16.6 Å². The van der Waals surface area contributed by atoms with Gasteiger partial charge < -0.3 is 10.6 Å². The summed E-state index contributed by atoms with van der Waals surface area (Å²) in [6.45, 7) is 1.20. The van der Waals surface area contributed by atoms with Gasteiger partial charge in [-0.15, -0.1) is 0 Å². The molecule has 2 aliphatic rings. The Hall–Kier alpha value is -2.44. The number of piperidine rings is 1. The molecule has 6 heteroatoms. The number of amides is 2. The molecule has 0 spiro atoms. The van der Waals surface area contributed by atoms with Crippen molar-refractivity contribution in [1.29, 1.82) is 0 Å². The van der Waals surface area contributed by atoms with E-state index in [4.69, 9.17) is 5.73 Å². The van der Waals surface area contributed by atoms with Crippen molar-refractivity contribution >= 4 is 22.6 Å². The van der Waals surface area contributed by atoms with Crippen LogP contribution in [0.2, 0.25) is 0 Å². The second kappa shape index (κ2) is 7.05. The zero-order chi connectivity index (χ0) is 18.1. The molecule has 2 aromatic carbocycles. The van der Waals surface area contributed by atoms with E-state index >= 15 is 0 Å². The van der Waals surface area contributed by atoms with Crippen molar-refractivity contribution in [2.45, 2.75) is 31.3 Å². The third-order valence-corrected chi connectivity index (χ3v) is 5.61. The number of hydrogen-bond acceptors (Lipinski definition) is 4. The molecule has 26 heavy (non-hydrogen) atoms. The van der Waals surface area contributed by atoms with Gasteiger partial charge in [0.05, 0.1) is 0 Å². The summed E-state index contributed by atoms with van der Waals surface area (Å²) in [5.41, 5.74) is 13.0. The van der Waals surface area contributed by atoms with Crippen molar-refractivity contribution in [3.05, 3.63) is 48.0 Å². The molecule has 2 amide bonds. The van der Waals surface area contributed by atoms with E-state index in [0.717, 1.165) is 0 Å². The Morgan fingerprint density at radius 3 is 2.50 bits per heavy atom. The molecule has 0 saturated carbocycles. The SMILES string of the molecule is NC(=O)C1CCN(C(=O)C2CC(c3cccc4ccccc34)NN2)CC1. The lowest BCUT2D eigenvalue weighted by Crippen LogP contribution is -2.49. The van der Waals surface area contributed by atoms with Crippen molar-refractivity contribution in [2.75, 3.05) is 13.1 Å². The van der Waals surface area contributed by atoms with Gasteiger partial charge in [-0.1, -0.05) is 42.5 Å². The van der Waals surface area contributed by atoms with Crippen molar-refractivity contribution in [3.63, 3.8) is 0 Å². The first-order chi connectivity index (χ1) is 12.6. The summed E-state index contributed by atoms with van der Waals surface area (Å²) < 4.78 is 0. The number of likely N-dealkylation sites (tertiary alicyclic amines) is 1. The van der Waals surface area contributed by atoms with Crippen LogP contribution in [0.5, 0.6) is 0 Å². The number of primary amides is 1. The summed E-state index contributed by atoms with van der Waals surface area (Å²) in [5, 5.41) is 2.42. The number of nitrogens with zero attached hydrogens (tertiary/aromatic N) is 1. The maximum Gasteiger partial charge on any atom is 0.241 e. The number of nitrogens with two attached hydrogens (primary N) is 1. The van der Waals surface area contributed by atoms with Gasteiger partial charge in [0.15, 0.2) is 0 Å². The van der Waals surface area contributed by atoms with E-state index in [-0.39, 0.29) is 29.8 Å². The fourth-order valence-electron chi connectivity index (χ4n) is 4.08. The Morgan fingerprint density at radius 1 is 1.00 bits per heavy atom. The van der Waals surface area contributed by atoms with Crippen LogP contribution in [0, 0.1) is 5.92 Å². The number of carbonyl (C=O) groups excluding carboxylic acids is 2. The summed E-state index contributed by atoms with van der Waals surface area (Å²) in [6.07, 6.45) is 2.03.